The molecule has 0 spiro atoms. The largest absolute Gasteiger partial charge is 0.444 e. The summed E-state index contributed by atoms with van der Waals surface area (Å²) in [4.78, 5) is 35.5. The van der Waals surface area contributed by atoms with Crippen LogP contribution in [0.1, 0.15) is 54.9 Å². The summed E-state index contributed by atoms with van der Waals surface area (Å²) in [5.41, 5.74) is 5.42. The Hall–Kier alpha value is -2.89. The molecule has 2 aromatic rings. The highest BCUT2D eigenvalue weighted by atomic mass is 32.2. The highest BCUT2D eigenvalue weighted by molar-refractivity contribution is 7.90. The normalized spacial score (nSPS) is 19.7. The molecule has 11 nitrogen and oxygen atoms in total. The van der Waals surface area contributed by atoms with Gasteiger partial charge in [0.15, 0.2) is 11.5 Å². The van der Waals surface area contributed by atoms with Gasteiger partial charge in [0.2, 0.25) is 15.9 Å². The van der Waals surface area contributed by atoms with E-state index in [1.165, 1.54) is 12.4 Å². The third-order valence-electron chi connectivity index (χ3n) is 6.31. The van der Waals surface area contributed by atoms with Gasteiger partial charge in [-0.2, -0.15) is 0 Å². The summed E-state index contributed by atoms with van der Waals surface area (Å²) in [5, 5.41) is -0.588. The second-order valence-corrected chi connectivity index (χ2v) is 12.5. The lowest BCUT2D eigenvalue weighted by atomic mass is 9.93. The molecule has 0 radical (unpaired) electrons. The fourth-order valence-electron chi connectivity index (χ4n) is 3.95. The van der Waals surface area contributed by atoms with Crippen LogP contribution < -0.4 is 10.9 Å². The summed E-state index contributed by atoms with van der Waals surface area (Å²) in [6, 6.07) is 1.57. The first-order valence-corrected chi connectivity index (χ1v) is 13.4. The minimum Gasteiger partial charge on any atom is -0.444 e. The smallest absolute Gasteiger partial charge is 0.410 e. The van der Waals surface area contributed by atoms with Crippen LogP contribution in [0.5, 0.6) is 0 Å². The maximum absolute atomic E-state index is 12.9. The zero-order valence-corrected chi connectivity index (χ0v) is 22.2. The first-order chi connectivity index (χ1) is 16.2. The summed E-state index contributed by atoms with van der Waals surface area (Å²) in [5.74, 6) is -0.459. The maximum atomic E-state index is 12.9. The van der Waals surface area contributed by atoms with Crippen LogP contribution in [0.3, 0.4) is 0 Å². The zero-order chi connectivity index (χ0) is 26.1. The Labute approximate surface area is 206 Å². The second kappa shape index (κ2) is 10.00. The fourth-order valence-corrected chi connectivity index (χ4v) is 5.61. The van der Waals surface area contributed by atoms with Gasteiger partial charge in [0.05, 0.1) is 17.4 Å². The Balaban J connectivity index is 1.68. The van der Waals surface area contributed by atoms with E-state index in [9.17, 15) is 18.0 Å². The number of fused-ring (bicyclic) bond motifs is 1. The molecule has 0 aromatic carbocycles. The molecule has 3 rings (SSSR count). The van der Waals surface area contributed by atoms with Crippen molar-refractivity contribution in [1.29, 1.82) is 0 Å². The Morgan fingerprint density at radius 2 is 1.91 bits per heavy atom. The van der Waals surface area contributed by atoms with E-state index in [0.29, 0.717) is 12.1 Å². The van der Waals surface area contributed by atoms with Gasteiger partial charge in [-0.25, -0.2) is 27.2 Å². The maximum Gasteiger partial charge on any atom is 0.410 e. The number of hydrogen-bond donors (Lipinski definition) is 2. The molecule has 3 heterocycles. The Bertz CT molecular complexity index is 1190. The van der Waals surface area contributed by atoms with Crippen LogP contribution in [0.2, 0.25) is 0 Å². The van der Waals surface area contributed by atoms with Gasteiger partial charge in [-0.15, -0.1) is 0 Å². The van der Waals surface area contributed by atoms with Crippen molar-refractivity contribution >= 4 is 39.0 Å². The number of hydrazine groups is 1. The van der Waals surface area contributed by atoms with E-state index in [0.717, 1.165) is 10.4 Å². The molecular weight excluding hydrogens is 472 g/mol. The van der Waals surface area contributed by atoms with E-state index in [4.69, 9.17) is 4.74 Å². The SMILES string of the molecule is CCC1CN(C(=O)OC(C)(C)C)CC1C(=O)NNc1cnc2c(ccn2S(=O)(=O)C(C)C(C)C)n1. The van der Waals surface area contributed by atoms with Crippen LogP contribution in [0.4, 0.5) is 10.6 Å². The summed E-state index contributed by atoms with van der Waals surface area (Å²) < 4.78 is 32.4. The molecule has 1 aliphatic rings. The zero-order valence-electron chi connectivity index (χ0n) is 21.4. The molecule has 194 valence electrons. The van der Waals surface area contributed by atoms with E-state index in [1.807, 2.05) is 20.8 Å². The van der Waals surface area contributed by atoms with Crippen LogP contribution in [0.15, 0.2) is 18.5 Å². The van der Waals surface area contributed by atoms with E-state index >= 15 is 0 Å². The van der Waals surface area contributed by atoms with Gasteiger partial charge in [0, 0.05) is 19.3 Å². The molecular formula is C23H36N6O5S. The average Bonchev–Trinajstić information content (AvgIpc) is 3.40. The molecule has 0 bridgehead atoms. The molecule has 12 heteroatoms. The number of aromatic nitrogens is 3. The molecule has 3 atom stereocenters. The number of carbonyl (C=O) groups excluding carboxylic acids is 2. The molecule has 1 saturated heterocycles. The number of hydrogen-bond acceptors (Lipinski definition) is 8. The van der Waals surface area contributed by atoms with Crippen molar-refractivity contribution in [2.45, 2.75) is 65.7 Å². The third-order valence-corrected chi connectivity index (χ3v) is 8.63. The first kappa shape index (κ1) is 26.7. The molecule has 35 heavy (non-hydrogen) atoms. The first-order valence-electron chi connectivity index (χ1n) is 11.9. The van der Waals surface area contributed by atoms with Gasteiger partial charge in [-0.3, -0.25) is 15.6 Å². The molecule has 2 amide bonds. The van der Waals surface area contributed by atoms with Crippen molar-refractivity contribution in [3.8, 4) is 0 Å². The number of amides is 2. The van der Waals surface area contributed by atoms with E-state index in [2.05, 4.69) is 20.8 Å². The van der Waals surface area contributed by atoms with Crippen molar-refractivity contribution in [1.82, 2.24) is 24.3 Å². The Morgan fingerprint density at radius 3 is 2.51 bits per heavy atom. The van der Waals surface area contributed by atoms with Gasteiger partial charge >= 0.3 is 6.09 Å². The lowest BCUT2D eigenvalue weighted by Gasteiger charge is -2.24. The van der Waals surface area contributed by atoms with Crippen LogP contribution in [-0.4, -0.2) is 63.2 Å². The summed E-state index contributed by atoms with van der Waals surface area (Å²) in [6.07, 6.45) is 3.12. The van der Waals surface area contributed by atoms with Crippen molar-refractivity contribution in [2.75, 3.05) is 18.5 Å². The monoisotopic (exact) mass is 508 g/mol. The van der Waals surface area contributed by atoms with Crippen LogP contribution in [-0.2, 0) is 19.6 Å². The Kier molecular flexibility index (Phi) is 7.63. The topological polar surface area (TPSA) is 136 Å². The average molecular weight is 509 g/mol. The summed E-state index contributed by atoms with van der Waals surface area (Å²) in [6.45, 7) is 13.5. The number of anilines is 1. The molecule has 1 fully saturated rings. The third kappa shape index (κ3) is 5.85. The van der Waals surface area contributed by atoms with Crippen LogP contribution in [0, 0.1) is 17.8 Å². The number of rotatable bonds is 7. The molecule has 0 aliphatic carbocycles. The standard InChI is InChI=1S/C23H36N6O5S/c1-8-16-12-28(22(31)34-23(5,6)7)13-17(16)21(30)27-26-19-11-24-20-18(25-19)9-10-29(20)35(32,33)15(4)14(2)3/h9-11,14-17H,8,12-13H2,1-7H3,(H,25,26)(H,27,30). The molecule has 1 aliphatic heterocycles. The number of carbonyl (C=O) groups is 2. The summed E-state index contributed by atoms with van der Waals surface area (Å²) in [7, 11) is -3.62. The van der Waals surface area contributed by atoms with Crippen LogP contribution in [0.25, 0.3) is 11.2 Å². The predicted octanol–water partition coefficient (Wildman–Crippen LogP) is 2.99. The lowest BCUT2D eigenvalue weighted by molar-refractivity contribution is -0.125. The number of ether oxygens (including phenoxy) is 1. The fraction of sp³-hybridized carbons (Fsp3) is 0.652. The van der Waals surface area contributed by atoms with Gasteiger partial charge < -0.3 is 9.64 Å². The predicted molar refractivity (Wildman–Crippen MR) is 133 cm³/mol. The summed E-state index contributed by atoms with van der Waals surface area (Å²) >= 11 is 0. The van der Waals surface area contributed by atoms with E-state index < -0.39 is 32.9 Å². The van der Waals surface area contributed by atoms with Gasteiger partial charge in [0.1, 0.15) is 11.1 Å². The number of likely N-dealkylation sites (tertiary alicyclic amines) is 1. The van der Waals surface area contributed by atoms with E-state index in [1.54, 1.807) is 38.7 Å². The van der Waals surface area contributed by atoms with Crippen molar-refractivity contribution in [3.63, 3.8) is 0 Å². The Morgan fingerprint density at radius 1 is 1.23 bits per heavy atom. The highest BCUT2D eigenvalue weighted by Gasteiger charge is 2.40. The minimum atomic E-state index is -3.62. The van der Waals surface area contributed by atoms with Crippen LogP contribution >= 0.6 is 0 Å². The highest BCUT2D eigenvalue weighted by Crippen LogP contribution is 2.28. The van der Waals surface area contributed by atoms with Crippen molar-refractivity contribution in [2.24, 2.45) is 17.8 Å². The van der Waals surface area contributed by atoms with Crippen molar-refractivity contribution in [3.05, 3.63) is 18.5 Å². The second-order valence-electron chi connectivity index (χ2n) is 10.3. The molecule has 2 aromatic heterocycles. The molecule has 2 N–H and O–H groups in total. The number of nitrogens with zero attached hydrogens (tertiary/aromatic N) is 4. The van der Waals surface area contributed by atoms with Gasteiger partial charge in [-0.1, -0.05) is 27.2 Å². The minimum absolute atomic E-state index is 0.0000631. The number of nitrogens with one attached hydrogen (secondary N) is 2. The molecule has 0 saturated carbocycles. The van der Waals surface area contributed by atoms with Crippen molar-refractivity contribution < 1.29 is 22.7 Å². The van der Waals surface area contributed by atoms with E-state index in [-0.39, 0.29) is 35.8 Å². The quantitative estimate of drug-likeness (QED) is 0.545. The van der Waals surface area contributed by atoms with Gasteiger partial charge in [0.25, 0.3) is 0 Å². The molecule has 3 unspecified atom stereocenters. The van der Waals surface area contributed by atoms with Gasteiger partial charge in [-0.05, 0) is 45.6 Å². The lowest BCUT2D eigenvalue weighted by Crippen LogP contribution is -2.39.